The Hall–Kier alpha value is -1.67. The number of nitrogens with zero attached hydrogens (tertiary/aromatic N) is 1. The van der Waals surface area contributed by atoms with Crippen LogP contribution in [0, 0.1) is 11.8 Å². The van der Waals surface area contributed by atoms with Crippen LogP contribution in [0.15, 0.2) is 36.4 Å². The molecule has 0 aliphatic heterocycles. The Morgan fingerprint density at radius 2 is 1.50 bits per heavy atom. The van der Waals surface area contributed by atoms with Gasteiger partial charge in [0.25, 0.3) is 0 Å². The third-order valence-corrected chi connectivity index (χ3v) is 8.13. The number of sulfonamides is 1. The molecule has 6 nitrogen and oxygen atoms in total. The van der Waals surface area contributed by atoms with E-state index in [1.807, 2.05) is 50.2 Å². The van der Waals surface area contributed by atoms with Crippen LogP contribution in [0.1, 0.15) is 45.7 Å². The summed E-state index contributed by atoms with van der Waals surface area (Å²) in [7, 11) is -3.61. The molecule has 2 atom stereocenters. The lowest BCUT2D eigenvalue weighted by Crippen LogP contribution is -2.38. The van der Waals surface area contributed by atoms with Crippen molar-refractivity contribution in [2.75, 3.05) is 31.9 Å². The average molecular weight is 579 g/mol. The second kappa shape index (κ2) is 12.7. The molecular formula is C26H34Cl3NO5S. The van der Waals surface area contributed by atoms with E-state index in [-0.39, 0.29) is 25.0 Å². The predicted octanol–water partition coefficient (Wildman–Crippen LogP) is 6.40. The van der Waals surface area contributed by atoms with Gasteiger partial charge in [0.15, 0.2) is 5.75 Å². The molecule has 0 N–H and O–H groups in total. The van der Waals surface area contributed by atoms with Crippen molar-refractivity contribution in [3.05, 3.63) is 57.6 Å². The summed E-state index contributed by atoms with van der Waals surface area (Å²) >= 11 is 18.9. The van der Waals surface area contributed by atoms with Crippen LogP contribution in [-0.2, 0) is 20.2 Å². The maximum atomic E-state index is 11.8. The Kier molecular flexibility index (Phi) is 10.8. The Bertz CT molecular complexity index is 1130. The highest BCUT2D eigenvalue weighted by Gasteiger charge is 2.26. The van der Waals surface area contributed by atoms with Gasteiger partial charge in [-0.25, -0.2) is 12.7 Å². The minimum absolute atomic E-state index is 0.0608. The highest BCUT2D eigenvalue weighted by molar-refractivity contribution is 7.88. The largest absolute Gasteiger partial charge is 0.493 e. The SMILES string of the molecule is CC(=O)N(C[C@@H](C)COc1ccc(C(C)(C)c2cc(Cl)c(OC[C@H](C)CCl)c(Cl)c2)cc1)S(C)(=O)=O. The number of amides is 1. The molecule has 0 aliphatic rings. The van der Waals surface area contributed by atoms with Gasteiger partial charge >= 0.3 is 0 Å². The zero-order valence-electron chi connectivity index (χ0n) is 21.5. The molecule has 0 heterocycles. The second-order valence-corrected chi connectivity index (χ2v) is 12.7. The fourth-order valence-electron chi connectivity index (χ4n) is 3.53. The molecule has 2 rings (SSSR count). The second-order valence-electron chi connectivity index (χ2n) is 9.72. The molecule has 10 heteroatoms. The summed E-state index contributed by atoms with van der Waals surface area (Å²) in [5.74, 6) is 1.05. The summed E-state index contributed by atoms with van der Waals surface area (Å²) in [6.45, 7) is 9.94. The molecule has 0 aliphatic carbocycles. The van der Waals surface area contributed by atoms with Crippen molar-refractivity contribution in [1.29, 1.82) is 0 Å². The van der Waals surface area contributed by atoms with Gasteiger partial charge in [0.1, 0.15) is 5.75 Å². The van der Waals surface area contributed by atoms with Crippen molar-refractivity contribution in [3.63, 3.8) is 0 Å². The lowest BCUT2D eigenvalue weighted by molar-refractivity contribution is -0.124. The first-order valence-electron chi connectivity index (χ1n) is 11.6. The summed E-state index contributed by atoms with van der Waals surface area (Å²) < 4.78 is 36.1. The van der Waals surface area contributed by atoms with Crippen LogP contribution in [0.25, 0.3) is 0 Å². The molecule has 0 saturated carbocycles. The molecule has 2 aromatic rings. The Morgan fingerprint density at radius 1 is 0.972 bits per heavy atom. The molecule has 0 aromatic heterocycles. The van der Waals surface area contributed by atoms with Gasteiger partial charge in [-0.2, -0.15) is 0 Å². The van der Waals surface area contributed by atoms with E-state index in [0.29, 0.717) is 34.0 Å². The number of hydrogen-bond donors (Lipinski definition) is 0. The van der Waals surface area contributed by atoms with Gasteiger partial charge in [0.2, 0.25) is 15.9 Å². The summed E-state index contributed by atoms with van der Waals surface area (Å²) in [5.41, 5.74) is 1.56. The number of carbonyl (C=O) groups excluding carboxylic acids is 1. The number of benzene rings is 2. The minimum atomic E-state index is -3.61. The van der Waals surface area contributed by atoms with E-state index in [2.05, 4.69) is 13.8 Å². The molecule has 1 amide bonds. The first-order valence-corrected chi connectivity index (χ1v) is 14.7. The van der Waals surface area contributed by atoms with E-state index in [1.165, 1.54) is 6.92 Å². The van der Waals surface area contributed by atoms with Crippen molar-refractivity contribution in [1.82, 2.24) is 4.31 Å². The van der Waals surface area contributed by atoms with Crippen LogP contribution in [0.3, 0.4) is 0 Å². The first kappa shape index (κ1) is 30.6. The van der Waals surface area contributed by atoms with Gasteiger partial charge in [0, 0.05) is 36.6 Å². The van der Waals surface area contributed by atoms with Gasteiger partial charge < -0.3 is 9.47 Å². The van der Waals surface area contributed by atoms with Gasteiger partial charge in [-0.15, -0.1) is 11.6 Å². The van der Waals surface area contributed by atoms with Crippen LogP contribution in [0.4, 0.5) is 0 Å². The van der Waals surface area contributed by atoms with Crippen LogP contribution in [-0.4, -0.2) is 50.5 Å². The van der Waals surface area contributed by atoms with E-state index in [9.17, 15) is 13.2 Å². The Balaban J connectivity index is 2.10. The first-order chi connectivity index (χ1) is 16.7. The number of hydrogen-bond acceptors (Lipinski definition) is 5. The van der Waals surface area contributed by atoms with Crippen LogP contribution >= 0.6 is 34.8 Å². The summed E-state index contributed by atoms with van der Waals surface area (Å²) in [6.07, 6.45) is 1.02. The maximum absolute atomic E-state index is 11.8. The summed E-state index contributed by atoms with van der Waals surface area (Å²) in [5, 5.41) is 0.880. The Labute approximate surface area is 229 Å². The number of carbonyl (C=O) groups is 1. The van der Waals surface area contributed by atoms with Gasteiger partial charge in [-0.3, -0.25) is 4.79 Å². The highest BCUT2D eigenvalue weighted by atomic mass is 35.5. The van der Waals surface area contributed by atoms with Gasteiger partial charge in [-0.05, 0) is 35.4 Å². The van der Waals surface area contributed by atoms with Crippen molar-refractivity contribution in [2.24, 2.45) is 11.8 Å². The van der Waals surface area contributed by atoms with Crippen LogP contribution < -0.4 is 9.47 Å². The molecule has 200 valence electrons. The number of halogens is 3. The smallest absolute Gasteiger partial charge is 0.234 e. The topological polar surface area (TPSA) is 72.9 Å². The third-order valence-electron chi connectivity index (χ3n) is 5.84. The van der Waals surface area contributed by atoms with E-state index in [4.69, 9.17) is 44.3 Å². The van der Waals surface area contributed by atoms with Gasteiger partial charge in [-0.1, -0.05) is 63.0 Å². The van der Waals surface area contributed by atoms with Crippen LogP contribution in [0.5, 0.6) is 11.5 Å². The summed E-state index contributed by atoms with van der Waals surface area (Å²) in [4.78, 5) is 11.7. The molecule has 0 unspecified atom stereocenters. The standard InChI is InChI=1S/C26H34Cl3NO5S/c1-17(13-27)15-35-25-23(28)11-21(12-24(25)29)26(4,5)20-7-9-22(10-8-20)34-16-18(2)14-30(19(3)31)36(6,32)33/h7-12,17-18H,13-16H2,1-6H3/t17-,18-/m1/s1. The Morgan fingerprint density at radius 3 is 1.97 bits per heavy atom. The molecule has 2 aromatic carbocycles. The number of rotatable bonds is 12. The fraction of sp³-hybridized carbons (Fsp3) is 0.500. The molecule has 0 saturated heterocycles. The number of alkyl halides is 1. The van der Waals surface area contributed by atoms with Gasteiger partial charge in [0.05, 0.1) is 29.5 Å². The number of ether oxygens (including phenoxy) is 2. The normalized spacial score (nSPS) is 13.7. The van der Waals surface area contributed by atoms with Crippen molar-refractivity contribution >= 4 is 50.7 Å². The molecule has 36 heavy (non-hydrogen) atoms. The van der Waals surface area contributed by atoms with Crippen LogP contribution in [0.2, 0.25) is 10.0 Å². The van der Waals surface area contributed by atoms with Crippen molar-refractivity contribution in [2.45, 2.75) is 40.0 Å². The monoisotopic (exact) mass is 577 g/mol. The zero-order chi connectivity index (χ0) is 27.3. The lowest BCUT2D eigenvalue weighted by atomic mass is 9.78. The molecule has 0 spiro atoms. The predicted molar refractivity (Wildman–Crippen MR) is 147 cm³/mol. The van der Waals surface area contributed by atoms with Crippen molar-refractivity contribution in [3.8, 4) is 11.5 Å². The van der Waals surface area contributed by atoms with E-state index in [1.54, 1.807) is 0 Å². The lowest BCUT2D eigenvalue weighted by Gasteiger charge is -2.27. The minimum Gasteiger partial charge on any atom is -0.493 e. The van der Waals surface area contributed by atoms with E-state index in [0.717, 1.165) is 21.7 Å². The molecule has 0 bridgehead atoms. The average Bonchev–Trinajstić information content (AvgIpc) is 2.79. The molecule has 0 radical (unpaired) electrons. The maximum Gasteiger partial charge on any atom is 0.234 e. The fourth-order valence-corrected chi connectivity index (χ4v) is 5.21. The summed E-state index contributed by atoms with van der Waals surface area (Å²) in [6, 6.07) is 11.4. The molecular weight excluding hydrogens is 545 g/mol. The highest BCUT2D eigenvalue weighted by Crippen LogP contribution is 2.41. The van der Waals surface area contributed by atoms with E-state index >= 15 is 0 Å². The zero-order valence-corrected chi connectivity index (χ0v) is 24.6. The third kappa shape index (κ3) is 8.17. The quantitative estimate of drug-likeness (QED) is 0.273. The van der Waals surface area contributed by atoms with E-state index < -0.39 is 21.3 Å². The van der Waals surface area contributed by atoms with Crippen molar-refractivity contribution < 1.29 is 22.7 Å². The molecule has 0 fully saturated rings.